The van der Waals surface area contributed by atoms with Crippen LogP contribution < -0.4 is 0 Å². The fourth-order valence-corrected chi connectivity index (χ4v) is 2.33. The molecule has 16 heavy (non-hydrogen) atoms. The molecule has 0 unspecified atom stereocenters. The van der Waals surface area contributed by atoms with Gasteiger partial charge < -0.3 is 0 Å². The van der Waals surface area contributed by atoms with E-state index in [2.05, 4.69) is 36.8 Å². The Labute approximate surface area is 104 Å². The highest BCUT2D eigenvalue weighted by Crippen LogP contribution is 2.40. The number of rotatable bonds is 2. The standard InChI is InChI=1S/C8H4Br2F5N/c9-1-3-4(7(11)12)2-16-6(10)5(3)8(13,14)15/h2,7H,1H2. The molecule has 0 fully saturated rings. The number of hydrogen-bond acceptors (Lipinski definition) is 1. The van der Waals surface area contributed by atoms with Crippen LogP contribution in [0.25, 0.3) is 0 Å². The maximum absolute atomic E-state index is 12.6. The lowest BCUT2D eigenvalue weighted by Crippen LogP contribution is -2.13. The molecule has 90 valence electrons. The van der Waals surface area contributed by atoms with Crippen molar-refractivity contribution in [3.8, 4) is 0 Å². The lowest BCUT2D eigenvalue weighted by molar-refractivity contribution is -0.139. The Kier molecular flexibility index (Phi) is 4.28. The number of alkyl halides is 6. The number of halogens is 7. The molecule has 0 radical (unpaired) electrons. The highest BCUT2D eigenvalue weighted by Gasteiger charge is 2.38. The predicted molar refractivity (Wildman–Crippen MR) is 54.5 cm³/mol. The van der Waals surface area contributed by atoms with Gasteiger partial charge in [-0.1, -0.05) is 15.9 Å². The van der Waals surface area contributed by atoms with E-state index in [1.54, 1.807) is 0 Å². The molecule has 0 aromatic carbocycles. The van der Waals surface area contributed by atoms with Gasteiger partial charge in [-0.05, 0) is 21.5 Å². The quantitative estimate of drug-likeness (QED) is 0.419. The zero-order valence-corrected chi connectivity index (χ0v) is 10.6. The predicted octanol–water partition coefficient (Wildman–Crippen LogP) is 4.70. The summed E-state index contributed by atoms with van der Waals surface area (Å²) in [6.45, 7) is 0. The maximum Gasteiger partial charge on any atom is 0.419 e. The van der Waals surface area contributed by atoms with Crippen molar-refractivity contribution in [1.29, 1.82) is 0 Å². The van der Waals surface area contributed by atoms with Crippen LogP contribution in [0, 0.1) is 0 Å². The van der Waals surface area contributed by atoms with Crippen molar-refractivity contribution >= 4 is 31.9 Å². The largest absolute Gasteiger partial charge is 0.419 e. The van der Waals surface area contributed by atoms with Gasteiger partial charge in [0.2, 0.25) is 0 Å². The van der Waals surface area contributed by atoms with Gasteiger partial charge in [0.05, 0.1) is 5.56 Å². The molecule has 0 amide bonds. The third-order valence-electron chi connectivity index (χ3n) is 1.83. The summed E-state index contributed by atoms with van der Waals surface area (Å²) in [5.41, 5.74) is -2.38. The molecule has 1 nitrogen and oxygen atoms in total. The van der Waals surface area contributed by atoms with Gasteiger partial charge in [-0.25, -0.2) is 13.8 Å². The van der Waals surface area contributed by atoms with E-state index in [9.17, 15) is 22.0 Å². The van der Waals surface area contributed by atoms with Crippen molar-refractivity contribution in [3.63, 3.8) is 0 Å². The van der Waals surface area contributed by atoms with Crippen LogP contribution in [-0.2, 0) is 11.5 Å². The highest BCUT2D eigenvalue weighted by molar-refractivity contribution is 9.10. The molecule has 0 aliphatic heterocycles. The third kappa shape index (κ3) is 2.71. The second-order valence-corrected chi connectivity index (χ2v) is 4.10. The summed E-state index contributed by atoms with van der Waals surface area (Å²) in [6.07, 6.45) is -6.98. The second kappa shape index (κ2) is 4.95. The summed E-state index contributed by atoms with van der Waals surface area (Å²) >= 11 is 5.38. The Morgan fingerprint density at radius 2 is 1.88 bits per heavy atom. The van der Waals surface area contributed by atoms with E-state index in [4.69, 9.17) is 0 Å². The average molecular weight is 369 g/mol. The minimum absolute atomic E-state index is 0.317. The monoisotopic (exact) mass is 367 g/mol. The van der Waals surface area contributed by atoms with E-state index in [0.29, 0.717) is 0 Å². The van der Waals surface area contributed by atoms with E-state index in [1.165, 1.54) is 0 Å². The Morgan fingerprint density at radius 3 is 2.25 bits per heavy atom. The van der Waals surface area contributed by atoms with E-state index in [1.807, 2.05) is 0 Å². The van der Waals surface area contributed by atoms with Crippen molar-refractivity contribution in [3.05, 3.63) is 27.5 Å². The number of pyridine rings is 1. The zero-order chi connectivity index (χ0) is 12.5. The lowest BCUT2D eigenvalue weighted by Gasteiger charge is -2.15. The number of hydrogen-bond donors (Lipinski definition) is 0. The summed E-state index contributed by atoms with van der Waals surface area (Å²) in [7, 11) is 0. The Bertz CT molecular complexity index is 391. The summed E-state index contributed by atoms with van der Waals surface area (Å²) in [4.78, 5) is 3.27. The fraction of sp³-hybridized carbons (Fsp3) is 0.375. The molecular formula is C8H4Br2F5N. The molecule has 0 spiro atoms. The smallest absolute Gasteiger partial charge is 0.248 e. The SMILES string of the molecule is FC(F)c1cnc(Br)c(C(F)(F)F)c1CBr. The van der Waals surface area contributed by atoms with Crippen molar-refractivity contribution in [1.82, 2.24) is 4.98 Å². The molecule has 1 rings (SSSR count). The molecule has 0 bridgehead atoms. The minimum Gasteiger partial charge on any atom is -0.248 e. The van der Waals surface area contributed by atoms with Gasteiger partial charge in [0.15, 0.2) is 0 Å². The van der Waals surface area contributed by atoms with Gasteiger partial charge in [-0.3, -0.25) is 0 Å². The van der Waals surface area contributed by atoms with Crippen LogP contribution in [0.1, 0.15) is 23.1 Å². The van der Waals surface area contributed by atoms with Crippen molar-refractivity contribution in [2.45, 2.75) is 17.9 Å². The van der Waals surface area contributed by atoms with Crippen LogP contribution in [-0.4, -0.2) is 4.98 Å². The molecule has 0 aliphatic carbocycles. The summed E-state index contributed by atoms with van der Waals surface area (Å²) in [5.74, 6) is 0. The van der Waals surface area contributed by atoms with Crippen LogP contribution >= 0.6 is 31.9 Å². The van der Waals surface area contributed by atoms with Gasteiger partial charge in [0.25, 0.3) is 6.43 Å². The number of nitrogens with zero attached hydrogens (tertiary/aromatic N) is 1. The first-order chi connectivity index (χ1) is 7.29. The molecule has 0 aliphatic rings. The van der Waals surface area contributed by atoms with Crippen molar-refractivity contribution in [2.75, 3.05) is 0 Å². The molecular weight excluding hydrogens is 365 g/mol. The topological polar surface area (TPSA) is 12.9 Å². The first-order valence-electron chi connectivity index (χ1n) is 3.87. The van der Waals surface area contributed by atoms with Crippen LogP contribution in [0.3, 0.4) is 0 Å². The van der Waals surface area contributed by atoms with Gasteiger partial charge >= 0.3 is 6.18 Å². The first-order valence-corrected chi connectivity index (χ1v) is 5.79. The van der Waals surface area contributed by atoms with Crippen molar-refractivity contribution in [2.24, 2.45) is 0 Å². The van der Waals surface area contributed by atoms with Gasteiger partial charge in [0, 0.05) is 17.1 Å². The Morgan fingerprint density at radius 1 is 1.31 bits per heavy atom. The molecule has 0 N–H and O–H groups in total. The molecule has 0 saturated carbocycles. The lowest BCUT2D eigenvalue weighted by atomic mass is 10.1. The van der Waals surface area contributed by atoms with E-state index in [0.717, 1.165) is 6.20 Å². The van der Waals surface area contributed by atoms with Crippen molar-refractivity contribution < 1.29 is 22.0 Å². The van der Waals surface area contributed by atoms with Gasteiger partial charge in [0.1, 0.15) is 4.60 Å². The zero-order valence-electron chi connectivity index (χ0n) is 7.45. The molecule has 1 aromatic rings. The minimum atomic E-state index is -4.72. The summed E-state index contributed by atoms with van der Waals surface area (Å²) in [6, 6.07) is 0. The van der Waals surface area contributed by atoms with E-state index >= 15 is 0 Å². The molecule has 1 aromatic heterocycles. The van der Waals surface area contributed by atoms with Crippen LogP contribution in [0.4, 0.5) is 22.0 Å². The highest BCUT2D eigenvalue weighted by atomic mass is 79.9. The number of aromatic nitrogens is 1. The molecule has 0 saturated heterocycles. The third-order valence-corrected chi connectivity index (χ3v) is 2.99. The Hall–Kier alpha value is -0.240. The normalized spacial score (nSPS) is 12.2. The molecule has 8 heteroatoms. The maximum atomic E-state index is 12.6. The molecule has 1 heterocycles. The summed E-state index contributed by atoms with van der Waals surface area (Å²) < 4.78 is 62.3. The van der Waals surface area contributed by atoms with Gasteiger partial charge in [-0.2, -0.15) is 13.2 Å². The average Bonchev–Trinajstić information content (AvgIpc) is 2.14. The fourth-order valence-electron chi connectivity index (χ4n) is 1.16. The van der Waals surface area contributed by atoms with Crippen LogP contribution in [0.5, 0.6) is 0 Å². The van der Waals surface area contributed by atoms with Gasteiger partial charge in [-0.15, -0.1) is 0 Å². The van der Waals surface area contributed by atoms with E-state index < -0.39 is 33.9 Å². The summed E-state index contributed by atoms with van der Waals surface area (Å²) in [5, 5.41) is -0.317. The van der Waals surface area contributed by atoms with E-state index in [-0.39, 0.29) is 5.33 Å². The van der Waals surface area contributed by atoms with Crippen LogP contribution in [0.2, 0.25) is 0 Å². The Balaban J connectivity index is 3.51. The second-order valence-electron chi connectivity index (χ2n) is 2.79. The van der Waals surface area contributed by atoms with Crippen LogP contribution in [0.15, 0.2) is 10.8 Å². The first kappa shape index (κ1) is 13.8. The molecule has 0 atom stereocenters.